The Labute approximate surface area is 140 Å². The Morgan fingerprint density at radius 2 is 2.08 bits per heavy atom. The summed E-state index contributed by atoms with van der Waals surface area (Å²) < 4.78 is 14.6. The highest BCUT2D eigenvalue weighted by molar-refractivity contribution is 6.00. The molecule has 5 nitrogen and oxygen atoms in total. The second-order valence-corrected chi connectivity index (χ2v) is 6.73. The summed E-state index contributed by atoms with van der Waals surface area (Å²) in [6.07, 6.45) is 2.39. The fourth-order valence-corrected chi connectivity index (χ4v) is 3.59. The maximum Gasteiger partial charge on any atom is 0.234 e. The highest BCUT2D eigenvalue weighted by Gasteiger charge is 2.30. The van der Waals surface area contributed by atoms with Crippen LogP contribution in [0.15, 0.2) is 18.2 Å². The summed E-state index contributed by atoms with van der Waals surface area (Å²) in [6, 6.07) is 4.85. The van der Waals surface area contributed by atoms with E-state index in [1.165, 1.54) is 6.07 Å². The number of piperidine rings is 2. The third-order valence-corrected chi connectivity index (χ3v) is 5.10. The average Bonchev–Trinajstić information content (AvgIpc) is 2.54. The number of rotatable bonds is 3. The van der Waals surface area contributed by atoms with E-state index in [1.54, 1.807) is 12.1 Å². The molecular formula is C18H21FN2O3. The Bertz CT molecular complexity index is 676. The van der Waals surface area contributed by atoms with Crippen molar-refractivity contribution in [1.82, 2.24) is 5.32 Å². The normalized spacial score (nSPS) is 27.8. The van der Waals surface area contributed by atoms with Crippen molar-refractivity contribution in [2.24, 2.45) is 11.8 Å². The molecule has 0 spiro atoms. The van der Waals surface area contributed by atoms with Gasteiger partial charge in [-0.3, -0.25) is 14.9 Å². The summed E-state index contributed by atoms with van der Waals surface area (Å²) in [5.41, 5.74) is 1.10. The lowest BCUT2D eigenvalue weighted by atomic mass is 9.87. The molecule has 2 aliphatic heterocycles. The molecule has 3 rings (SSSR count). The summed E-state index contributed by atoms with van der Waals surface area (Å²) in [5, 5.41) is 2.30. The van der Waals surface area contributed by atoms with E-state index in [-0.39, 0.29) is 35.9 Å². The molecule has 1 aromatic rings. The zero-order chi connectivity index (χ0) is 17.3. The highest BCUT2D eigenvalue weighted by Crippen LogP contribution is 2.32. The maximum atomic E-state index is 14.6. The molecule has 3 unspecified atom stereocenters. The number of carbonyl (C=O) groups excluding carboxylic acids is 3. The van der Waals surface area contributed by atoms with Crippen LogP contribution in [-0.2, 0) is 14.4 Å². The van der Waals surface area contributed by atoms with Crippen LogP contribution in [0.2, 0.25) is 0 Å². The van der Waals surface area contributed by atoms with Crippen LogP contribution in [0.25, 0.3) is 0 Å². The zero-order valence-corrected chi connectivity index (χ0v) is 13.6. The minimum atomic E-state index is -0.481. The summed E-state index contributed by atoms with van der Waals surface area (Å²) in [4.78, 5) is 36.1. The van der Waals surface area contributed by atoms with E-state index in [9.17, 15) is 18.8 Å². The van der Waals surface area contributed by atoms with Gasteiger partial charge >= 0.3 is 0 Å². The van der Waals surface area contributed by atoms with Crippen molar-refractivity contribution in [2.45, 2.75) is 32.1 Å². The minimum absolute atomic E-state index is 0.0343. The van der Waals surface area contributed by atoms with Crippen LogP contribution in [0.4, 0.5) is 10.1 Å². The molecule has 3 atom stereocenters. The predicted molar refractivity (Wildman–Crippen MR) is 87.1 cm³/mol. The number of imide groups is 1. The third kappa shape index (κ3) is 3.18. The van der Waals surface area contributed by atoms with E-state index in [1.807, 2.05) is 11.8 Å². The number of nitrogens with zero attached hydrogens (tertiary/aromatic N) is 1. The van der Waals surface area contributed by atoms with Gasteiger partial charge < -0.3 is 9.69 Å². The van der Waals surface area contributed by atoms with Crippen LogP contribution in [0.1, 0.15) is 37.7 Å². The lowest BCUT2D eigenvalue weighted by Gasteiger charge is -2.36. The topological polar surface area (TPSA) is 66.5 Å². The number of aldehydes is 1. The smallest absolute Gasteiger partial charge is 0.234 e. The summed E-state index contributed by atoms with van der Waals surface area (Å²) in [7, 11) is 0. The zero-order valence-electron chi connectivity index (χ0n) is 13.6. The van der Waals surface area contributed by atoms with Gasteiger partial charge in [-0.2, -0.15) is 0 Å². The maximum absolute atomic E-state index is 14.6. The van der Waals surface area contributed by atoms with Crippen LogP contribution in [0.3, 0.4) is 0 Å². The molecule has 2 saturated heterocycles. The molecule has 0 bridgehead atoms. The summed E-state index contributed by atoms with van der Waals surface area (Å²) in [6.45, 7) is 3.28. The van der Waals surface area contributed by atoms with Crippen LogP contribution >= 0.6 is 0 Å². The van der Waals surface area contributed by atoms with E-state index in [2.05, 4.69) is 5.32 Å². The molecule has 2 fully saturated rings. The second-order valence-electron chi connectivity index (χ2n) is 6.73. The van der Waals surface area contributed by atoms with Gasteiger partial charge in [-0.15, -0.1) is 0 Å². The first kappa shape index (κ1) is 16.6. The molecule has 128 valence electrons. The Kier molecular flexibility index (Phi) is 4.64. The van der Waals surface area contributed by atoms with Crippen molar-refractivity contribution < 1.29 is 18.8 Å². The number of carbonyl (C=O) groups is 3. The van der Waals surface area contributed by atoms with Gasteiger partial charge in [-0.25, -0.2) is 4.39 Å². The van der Waals surface area contributed by atoms with Crippen LogP contribution in [0.5, 0.6) is 0 Å². The summed E-state index contributed by atoms with van der Waals surface area (Å²) >= 11 is 0. The van der Waals surface area contributed by atoms with Crippen molar-refractivity contribution in [1.29, 1.82) is 0 Å². The fraction of sp³-hybridized carbons (Fsp3) is 0.500. The molecule has 2 amide bonds. The molecule has 1 aromatic carbocycles. The van der Waals surface area contributed by atoms with Crippen LogP contribution in [0, 0.1) is 17.7 Å². The monoisotopic (exact) mass is 332 g/mol. The molecule has 0 radical (unpaired) electrons. The van der Waals surface area contributed by atoms with Crippen molar-refractivity contribution in [3.8, 4) is 0 Å². The van der Waals surface area contributed by atoms with Crippen molar-refractivity contribution >= 4 is 23.8 Å². The van der Waals surface area contributed by atoms with E-state index in [0.29, 0.717) is 30.8 Å². The number of hydrogen-bond acceptors (Lipinski definition) is 4. The van der Waals surface area contributed by atoms with Gasteiger partial charge in [-0.1, -0.05) is 13.0 Å². The number of benzene rings is 1. The molecule has 1 N–H and O–H groups in total. The highest BCUT2D eigenvalue weighted by atomic mass is 19.1. The van der Waals surface area contributed by atoms with Gasteiger partial charge in [0.1, 0.15) is 12.1 Å². The predicted octanol–water partition coefficient (Wildman–Crippen LogP) is 2.01. The van der Waals surface area contributed by atoms with Crippen molar-refractivity contribution in [3.05, 3.63) is 29.6 Å². The Hall–Kier alpha value is -2.24. The van der Waals surface area contributed by atoms with Gasteiger partial charge in [0.15, 0.2) is 0 Å². The third-order valence-electron chi connectivity index (χ3n) is 5.10. The van der Waals surface area contributed by atoms with E-state index < -0.39 is 5.92 Å². The molecule has 0 aliphatic carbocycles. The lowest BCUT2D eigenvalue weighted by Crippen LogP contribution is -2.40. The Morgan fingerprint density at radius 3 is 2.71 bits per heavy atom. The summed E-state index contributed by atoms with van der Waals surface area (Å²) in [5.74, 6) is -1.27. The van der Waals surface area contributed by atoms with E-state index in [0.717, 1.165) is 12.7 Å². The van der Waals surface area contributed by atoms with Gasteiger partial charge in [0.05, 0.1) is 11.6 Å². The molecule has 0 saturated carbocycles. The van der Waals surface area contributed by atoms with Crippen LogP contribution < -0.4 is 10.2 Å². The van der Waals surface area contributed by atoms with Gasteiger partial charge in [0.2, 0.25) is 11.8 Å². The number of anilines is 1. The lowest BCUT2D eigenvalue weighted by molar-refractivity contribution is -0.134. The quantitative estimate of drug-likeness (QED) is 0.679. The second kappa shape index (κ2) is 6.71. The Balaban J connectivity index is 1.77. The average molecular weight is 332 g/mol. The fourth-order valence-electron chi connectivity index (χ4n) is 3.59. The first-order valence-electron chi connectivity index (χ1n) is 8.33. The largest absolute Gasteiger partial charge is 0.369 e. The molecule has 6 heteroatoms. The molecule has 2 heterocycles. The standard InChI is InChI=1S/C18H21FN2O3/c1-11-9-21(7-6-13(11)10-22)16-4-2-12(8-15(16)19)14-3-5-17(23)20-18(14)24/h2,4,8,10-11,13-14H,3,5-7,9H2,1H3,(H,20,23,24). The number of amides is 2. The van der Waals surface area contributed by atoms with E-state index in [4.69, 9.17) is 0 Å². The Morgan fingerprint density at radius 1 is 1.29 bits per heavy atom. The van der Waals surface area contributed by atoms with Crippen LogP contribution in [-0.4, -0.2) is 31.2 Å². The number of hydrogen-bond donors (Lipinski definition) is 1. The van der Waals surface area contributed by atoms with Gasteiger partial charge in [0.25, 0.3) is 0 Å². The van der Waals surface area contributed by atoms with Crippen molar-refractivity contribution in [3.63, 3.8) is 0 Å². The molecular weight excluding hydrogens is 311 g/mol. The van der Waals surface area contributed by atoms with Gasteiger partial charge in [0, 0.05) is 25.4 Å². The SMILES string of the molecule is CC1CN(c2ccc(C3CCC(=O)NC3=O)cc2F)CCC1C=O. The first-order valence-corrected chi connectivity index (χ1v) is 8.33. The molecule has 24 heavy (non-hydrogen) atoms. The minimum Gasteiger partial charge on any atom is -0.369 e. The number of halogens is 1. The van der Waals surface area contributed by atoms with Crippen molar-refractivity contribution in [2.75, 3.05) is 18.0 Å². The molecule has 2 aliphatic rings. The first-order chi connectivity index (χ1) is 11.5. The van der Waals surface area contributed by atoms with E-state index >= 15 is 0 Å². The number of nitrogens with one attached hydrogen (secondary N) is 1. The molecule has 0 aromatic heterocycles. The van der Waals surface area contributed by atoms with Gasteiger partial charge in [-0.05, 0) is 36.5 Å².